The number of nitrogens with zero attached hydrogens (tertiary/aromatic N) is 1. The standard InChI is InChI=1S/C48H43N2O2S2/c1-4-35(21-22-36-25-27-47(51-2)43-17-7-5-13-39(36)43)41-15-9-11-19-45(41)49-30-33-53-54-34-32-50-31-29-38(42-16-10-12-20-46(42)50)24-23-37-26-28-48(52-3)44-18-8-6-14-40(37)44/h4-29,31H,1,30,32-34H2,2-3H3/q+1/p+2/b22-21+,24-23+,41-35+,49-45?. The molecule has 54 heavy (non-hydrogen) atoms. The van der Waals surface area contributed by atoms with E-state index in [1.54, 1.807) is 14.2 Å². The third-order valence-electron chi connectivity index (χ3n) is 9.61. The van der Waals surface area contributed by atoms with Crippen molar-refractivity contribution in [1.82, 2.24) is 0 Å². The average molecular weight is 746 g/mol. The number of allylic oxidation sites excluding steroid dienone is 8. The molecule has 0 atom stereocenters. The van der Waals surface area contributed by atoms with Gasteiger partial charge >= 0.3 is 0 Å². The fourth-order valence-electron chi connectivity index (χ4n) is 6.91. The summed E-state index contributed by atoms with van der Waals surface area (Å²) in [4.78, 5) is 3.69. The zero-order valence-electron chi connectivity index (χ0n) is 30.7. The summed E-state index contributed by atoms with van der Waals surface area (Å²) >= 11 is 0. The fraction of sp³-hybridized carbons (Fsp3) is 0.125. The molecule has 0 bridgehead atoms. The number of ether oxygens (including phenoxy) is 2. The molecule has 4 nitrogen and oxygen atoms in total. The molecule has 1 aliphatic rings. The van der Waals surface area contributed by atoms with Crippen LogP contribution in [-0.2, 0) is 17.3 Å². The summed E-state index contributed by atoms with van der Waals surface area (Å²) in [5, 5.41) is 5.83. The lowest BCUT2D eigenvalue weighted by Crippen LogP contribution is -2.74. The minimum atomic E-state index is 0.882. The molecule has 0 unspecified atom stereocenters. The van der Waals surface area contributed by atoms with Gasteiger partial charge in [-0.2, -0.15) is 4.57 Å². The second-order valence-electron chi connectivity index (χ2n) is 12.8. The van der Waals surface area contributed by atoms with Gasteiger partial charge in [0.25, 0.3) is 0 Å². The van der Waals surface area contributed by atoms with Gasteiger partial charge in [0, 0.05) is 39.8 Å². The van der Waals surface area contributed by atoms with Crippen LogP contribution in [0, 0.1) is 0 Å². The van der Waals surface area contributed by atoms with Crippen molar-refractivity contribution in [2.45, 2.75) is 6.54 Å². The maximum absolute atomic E-state index is 5.60. The van der Waals surface area contributed by atoms with E-state index in [9.17, 15) is 0 Å². The normalized spacial score (nSPS) is 14.6. The predicted molar refractivity (Wildman–Crippen MR) is 236 cm³/mol. The summed E-state index contributed by atoms with van der Waals surface area (Å²) in [7, 11) is 6.78. The zero-order chi connectivity index (χ0) is 37.1. The van der Waals surface area contributed by atoms with Crippen molar-refractivity contribution in [1.29, 1.82) is 0 Å². The molecule has 1 aliphatic carbocycles. The highest BCUT2D eigenvalue weighted by atomic mass is 33.1. The minimum absolute atomic E-state index is 0.882. The SMILES string of the molecule is C=CC(/C=C/c1ccc(OC)c2ccccc12)=C1/C=CC=CC1=[NH+]CC[SH+]SCC[n+]1ccc(/C=C/c2ccc(OC)c3ccccc23)c2ccccc21. The molecule has 0 spiro atoms. The van der Waals surface area contributed by atoms with Crippen LogP contribution in [0.15, 0.2) is 164 Å². The van der Waals surface area contributed by atoms with Crippen LogP contribution in [0.1, 0.15) is 16.7 Å². The summed E-state index contributed by atoms with van der Waals surface area (Å²) < 4.78 is 13.6. The van der Waals surface area contributed by atoms with Crippen LogP contribution in [0.3, 0.4) is 0 Å². The number of para-hydroxylation sites is 1. The molecule has 6 heteroatoms. The number of methoxy groups -OCH3 is 2. The third kappa shape index (κ3) is 8.31. The summed E-state index contributed by atoms with van der Waals surface area (Å²) in [6, 6.07) is 36.0. The molecule has 1 N–H and O–H groups in total. The van der Waals surface area contributed by atoms with Gasteiger partial charge in [-0.05, 0) is 57.3 Å². The monoisotopic (exact) mass is 745 g/mol. The summed E-state index contributed by atoms with van der Waals surface area (Å²) in [5.74, 6) is 3.87. The van der Waals surface area contributed by atoms with E-state index in [1.165, 1.54) is 38.2 Å². The van der Waals surface area contributed by atoms with E-state index >= 15 is 0 Å². The Bertz CT molecular complexity index is 2510. The predicted octanol–water partition coefficient (Wildman–Crippen LogP) is 8.93. The minimum Gasteiger partial charge on any atom is -0.496 e. The quantitative estimate of drug-likeness (QED) is 0.0398. The number of rotatable bonds is 14. The third-order valence-corrected chi connectivity index (χ3v) is 12.2. The van der Waals surface area contributed by atoms with E-state index < -0.39 is 0 Å². The number of aromatic nitrogens is 1. The van der Waals surface area contributed by atoms with Gasteiger partial charge in [-0.15, -0.1) is 0 Å². The van der Waals surface area contributed by atoms with Gasteiger partial charge in [-0.25, -0.2) is 4.99 Å². The van der Waals surface area contributed by atoms with Crippen LogP contribution in [-0.4, -0.2) is 38.0 Å². The van der Waals surface area contributed by atoms with E-state index in [1.807, 2.05) is 35.1 Å². The smallest absolute Gasteiger partial charge is 0.213 e. The Balaban J connectivity index is 0.966. The van der Waals surface area contributed by atoms with E-state index in [0.717, 1.165) is 74.7 Å². The van der Waals surface area contributed by atoms with Crippen LogP contribution in [0.5, 0.6) is 11.5 Å². The number of thiol groups is 1. The van der Waals surface area contributed by atoms with Crippen LogP contribution in [0.25, 0.3) is 50.7 Å². The van der Waals surface area contributed by atoms with Crippen LogP contribution < -0.4 is 19.0 Å². The lowest BCUT2D eigenvalue weighted by molar-refractivity contribution is -0.666. The number of aryl methyl sites for hydroxylation is 1. The molecule has 0 aliphatic heterocycles. The molecule has 0 radical (unpaired) electrons. The van der Waals surface area contributed by atoms with Crippen molar-refractivity contribution in [2.24, 2.45) is 0 Å². The molecule has 5 aromatic carbocycles. The Labute approximate surface area is 326 Å². The topological polar surface area (TPSA) is 36.3 Å². The molecule has 6 aromatic rings. The number of nitrogens with one attached hydrogen (secondary N) is 1. The van der Waals surface area contributed by atoms with Crippen molar-refractivity contribution in [3.8, 4) is 11.5 Å². The van der Waals surface area contributed by atoms with Gasteiger partial charge in [0.05, 0.1) is 36.0 Å². The molecule has 0 saturated carbocycles. The Morgan fingerprint density at radius 3 is 1.96 bits per heavy atom. The second kappa shape index (κ2) is 18.0. The molecule has 7 rings (SSSR count). The highest BCUT2D eigenvalue weighted by Gasteiger charge is 2.16. The largest absolute Gasteiger partial charge is 0.496 e. The van der Waals surface area contributed by atoms with Crippen LogP contribution in [0.4, 0.5) is 0 Å². The van der Waals surface area contributed by atoms with Gasteiger partial charge in [0.2, 0.25) is 11.2 Å². The van der Waals surface area contributed by atoms with Crippen molar-refractivity contribution in [3.05, 3.63) is 180 Å². The first-order valence-corrected chi connectivity index (χ1v) is 20.9. The first-order valence-electron chi connectivity index (χ1n) is 18.2. The molecule has 0 fully saturated rings. The molecule has 0 amide bonds. The fourth-order valence-corrected chi connectivity index (χ4v) is 8.94. The number of benzene rings is 5. The number of fused-ring (bicyclic) bond motifs is 3. The maximum Gasteiger partial charge on any atom is 0.213 e. The van der Waals surface area contributed by atoms with E-state index in [4.69, 9.17) is 9.47 Å². The first-order chi connectivity index (χ1) is 26.7. The highest BCUT2D eigenvalue weighted by Crippen LogP contribution is 2.31. The Kier molecular flexibility index (Phi) is 12.2. The first kappa shape index (κ1) is 36.8. The van der Waals surface area contributed by atoms with Crippen molar-refractivity contribution in [3.63, 3.8) is 0 Å². The average Bonchev–Trinajstić information content (AvgIpc) is 3.23. The number of hydrogen-bond donors (Lipinski definition) is 1. The van der Waals surface area contributed by atoms with Crippen LogP contribution in [0.2, 0.25) is 0 Å². The summed E-state index contributed by atoms with van der Waals surface area (Å²) in [5.41, 5.74) is 8.11. The number of pyridine rings is 1. The Hall–Kier alpha value is -5.56. The zero-order valence-corrected chi connectivity index (χ0v) is 32.5. The number of hydrogen-bond acceptors (Lipinski definition) is 3. The van der Waals surface area contributed by atoms with Gasteiger partial charge in [-0.1, -0.05) is 122 Å². The van der Waals surface area contributed by atoms with Gasteiger partial charge in [-0.3, -0.25) is 0 Å². The van der Waals surface area contributed by atoms with Gasteiger partial charge in [0.15, 0.2) is 25.0 Å². The molecule has 0 saturated heterocycles. The molecular formula is C48H45N2O2S2+3. The summed E-state index contributed by atoms with van der Waals surface area (Å²) in [6.45, 7) is 5.99. The van der Waals surface area contributed by atoms with E-state index in [-0.39, 0.29) is 0 Å². The maximum atomic E-state index is 5.60. The van der Waals surface area contributed by atoms with Gasteiger partial charge in [0.1, 0.15) is 17.3 Å². The van der Waals surface area contributed by atoms with Gasteiger partial charge < -0.3 is 9.47 Å². The second-order valence-corrected chi connectivity index (χ2v) is 15.7. The van der Waals surface area contributed by atoms with Crippen molar-refractivity contribution < 1.29 is 19.0 Å². The van der Waals surface area contributed by atoms with Crippen LogP contribution >= 0.6 is 10.8 Å². The Morgan fingerprint density at radius 1 is 0.704 bits per heavy atom. The highest BCUT2D eigenvalue weighted by molar-refractivity contribution is 8.66. The van der Waals surface area contributed by atoms with E-state index in [0.29, 0.717) is 0 Å². The lowest BCUT2D eigenvalue weighted by atomic mass is 9.97. The molecule has 1 heterocycles. The summed E-state index contributed by atoms with van der Waals surface area (Å²) in [6.07, 6.45) is 21.4. The lowest BCUT2D eigenvalue weighted by Gasteiger charge is -2.09. The Morgan fingerprint density at radius 2 is 1.30 bits per heavy atom. The molecular weight excluding hydrogens is 701 g/mol. The molecule has 268 valence electrons. The van der Waals surface area contributed by atoms with Crippen molar-refractivity contribution in [2.75, 3.05) is 32.3 Å². The molecule has 1 aromatic heterocycles. The van der Waals surface area contributed by atoms with Crippen molar-refractivity contribution >= 4 is 78.0 Å². The van der Waals surface area contributed by atoms with E-state index in [2.05, 4.69) is 156 Å².